The lowest BCUT2D eigenvalue weighted by molar-refractivity contribution is -0.145. The predicted octanol–water partition coefficient (Wildman–Crippen LogP) is -0.898. The van der Waals surface area contributed by atoms with E-state index < -0.39 is 23.6 Å². The molecule has 2 rings (SSSR count). The number of morpholine rings is 1. The van der Waals surface area contributed by atoms with Gasteiger partial charge in [-0.25, -0.2) is 9.59 Å². The third kappa shape index (κ3) is 2.69. The van der Waals surface area contributed by atoms with Crippen molar-refractivity contribution >= 4 is 17.9 Å². The zero-order chi connectivity index (χ0) is 14.9. The van der Waals surface area contributed by atoms with Crippen molar-refractivity contribution in [2.75, 3.05) is 32.8 Å². The van der Waals surface area contributed by atoms with E-state index in [2.05, 4.69) is 5.32 Å². The van der Waals surface area contributed by atoms with Crippen molar-refractivity contribution < 1.29 is 24.2 Å². The minimum Gasteiger partial charge on any atom is -0.480 e. The third-order valence-electron chi connectivity index (χ3n) is 3.59. The van der Waals surface area contributed by atoms with Crippen LogP contribution < -0.4 is 5.32 Å². The maximum absolute atomic E-state index is 12.6. The molecule has 0 spiro atoms. The fraction of sp³-hybridized carbons (Fsp3) is 0.750. The first-order valence-electron chi connectivity index (χ1n) is 6.48. The normalized spacial score (nSPS) is 26.1. The van der Waals surface area contributed by atoms with Gasteiger partial charge in [0.15, 0.2) is 0 Å². The molecule has 2 N–H and O–H groups in total. The Bertz CT molecular complexity index is 437. The van der Waals surface area contributed by atoms with Crippen LogP contribution >= 0.6 is 0 Å². The van der Waals surface area contributed by atoms with Crippen molar-refractivity contribution in [2.45, 2.75) is 25.4 Å². The van der Waals surface area contributed by atoms with Crippen LogP contribution in [0.15, 0.2) is 0 Å². The summed E-state index contributed by atoms with van der Waals surface area (Å²) in [5.41, 5.74) is -0.522. The maximum atomic E-state index is 12.6. The Hall–Kier alpha value is -1.83. The van der Waals surface area contributed by atoms with Crippen LogP contribution in [0.25, 0.3) is 0 Å². The number of hydrogen-bond acceptors (Lipinski definition) is 4. The summed E-state index contributed by atoms with van der Waals surface area (Å²) in [5.74, 6) is -1.47. The van der Waals surface area contributed by atoms with Gasteiger partial charge >= 0.3 is 12.0 Å². The van der Waals surface area contributed by atoms with Crippen LogP contribution in [0.3, 0.4) is 0 Å². The van der Waals surface area contributed by atoms with E-state index in [1.807, 2.05) is 13.8 Å². The molecule has 2 heterocycles. The molecule has 2 aliphatic rings. The summed E-state index contributed by atoms with van der Waals surface area (Å²) in [7, 11) is 0. The van der Waals surface area contributed by atoms with Gasteiger partial charge in [-0.3, -0.25) is 9.69 Å². The van der Waals surface area contributed by atoms with Gasteiger partial charge in [-0.15, -0.1) is 0 Å². The molecule has 8 heteroatoms. The summed E-state index contributed by atoms with van der Waals surface area (Å²) < 4.78 is 5.34. The van der Waals surface area contributed by atoms with Crippen molar-refractivity contribution in [3.63, 3.8) is 0 Å². The SMILES string of the molecule is CC1(C)COCCN1C(=O)N1CC(=O)NCC1C(=O)O. The number of amides is 3. The second kappa shape index (κ2) is 5.28. The van der Waals surface area contributed by atoms with Crippen molar-refractivity contribution in [1.82, 2.24) is 15.1 Å². The lowest BCUT2D eigenvalue weighted by Crippen LogP contribution is -2.66. The number of piperazine rings is 1. The van der Waals surface area contributed by atoms with E-state index in [0.29, 0.717) is 19.8 Å². The summed E-state index contributed by atoms with van der Waals surface area (Å²) in [5, 5.41) is 11.6. The van der Waals surface area contributed by atoms with E-state index in [9.17, 15) is 19.5 Å². The Morgan fingerprint density at radius 1 is 1.45 bits per heavy atom. The zero-order valence-electron chi connectivity index (χ0n) is 11.6. The molecule has 0 bridgehead atoms. The highest BCUT2D eigenvalue weighted by atomic mass is 16.5. The van der Waals surface area contributed by atoms with Crippen molar-refractivity contribution in [3.05, 3.63) is 0 Å². The predicted molar refractivity (Wildman–Crippen MR) is 68.1 cm³/mol. The van der Waals surface area contributed by atoms with E-state index in [1.54, 1.807) is 4.90 Å². The largest absolute Gasteiger partial charge is 0.480 e. The van der Waals surface area contributed by atoms with E-state index >= 15 is 0 Å². The average molecular weight is 285 g/mol. The van der Waals surface area contributed by atoms with Gasteiger partial charge in [0, 0.05) is 13.1 Å². The van der Waals surface area contributed by atoms with Crippen LogP contribution in [-0.2, 0) is 14.3 Å². The Morgan fingerprint density at radius 2 is 2.15 bits per heavy atom. The molecule has 0 aromatic carbocycles. The number of carbonyl (C=O) groups is 3. The molecule has 2 saturated heterocycles. The Labute approximate surface area is 116 Å². The van der Waals surface area contributed by atoms with Crippen molar-refractivity contribution in [2.24, 2.45) is 0 Å². The number of nitrogens with one attached hydrogen (secondary N) is 1. The van der Waals surface area contributed by atoms with Crippen LogP contribution in [0.4, 0.5) is 4.79 Å². The Kier molecular flexibility index (Phi) is 3.85. The summed E-state index contributed by atoms with van der Waals surface area (Å²) >= 11 is 0. The molecule has 20 heavy (non-hydrogen) atoms. The number of carbonyl (C=O) groups excluding carboxylic acids is 2. The van der Waals surface area contributed by atoms with E-state index in [1.165, 1.54) is 0 Å². The number of nitrogens with zero attached hydrogens (tertiary/aromatic N) is 2. The molecule has 1 atom stereocenters. The Balaban J connectivity index is 2.20. The van der Waals surface area contributed by atoms with Crippen molar-refractivity contribution in [3.8, 4) is 0 Å². The molecule has 0 aromatic heterocycles. The van der Waals surface area contributed by atoms with Crippen LogP contribution in [0, 0.1) is 0 Å². The first kappa shape index (κ1) is 14.6. The fourth-order valence-corrected chi connectivity index (χ4v) is 2.43. The summed E-state index contributed by atoms with van der Waals surface area (Å²) in [6.07, 6.45) is 0. The van der Waals surface area contributed by atoms with Gasteiger partial charge < -0.3 is 20.1 Å². The number of carboxylic acid groups (broad SMARTS) is 1. The van der Waals surface area contributed by atoms with Gasteiger partial charge in [-0.2, -0.15) is 0 Å². The molecule has 0 aromatic rings. The second-order valence-electron chi connectivity index (χ2n) is 5.59. The maximum Gasteiger partial charge on any atom is 0.328 e. The standard InChI is InChI=1S/C12H19N3O5/c1-12(2)7-20-4-3-15(12)11(19)14-6-9(16)13-5-8(14)10(17)18/h8H,3-7H2,1-2H3,(H,13,16)(H,17,18). The average Bonchev–Trinajstić information content (AvgIpc) is 2.37. The number of hydrogen-bond donors (Lipinski definition) is 2. The van der Waals surface area contributed by atoms with Gasteiger partial charge in [0.2, 0.25) is 5.91 Å². The molecule has 112 valence electrons. The molecular formula is C12H19N3O5. The van der Waals surface area contributed by atoms with E-state index in [4.69, 9.17) is 4.74 Å². The van der Waals surface area contributed by atoms with E-state index in [0.717, 1.165) is 4.90 Å². The topological polar surface area (TPSA) is 99.2 Å². The smallest absolute Gasteiger partial charge is 0.328 e. The molecule has 0 radical (unpaired) electrons. The number of aliphatic carboxylic acids is 1. The van der Waals surface area contributed by atoms with Crippen LogP contribution in [0.2, 0.25) is 0 Å². The van der Waals surface area contributed by atoms with E-state index in [-0.39, 0.29) is 19.0 Å². The van der Waals surface area contributed by atoms with Gasteiger partial charge in [0.05, 0.1) is 18.8 Å². The first-order chi connectivity index (χ1) is 9.33. The molecule has 0 saturated carbocycles. The highest BCUT2D eigenvalue weighted by Gasteiger charge is 2.42. The zero-order valence-corrected chi connectivity index (χ0v) is 11.6. The molecule has 3 amide bonds. The number of urea groups is 1. The number of rotatable bonds is 1. The lowest BCUT2D eigenvalue weighted by Gasteiger charge is -2.45. The minimum absolute atomic E-state index is 0.0648. The third-order valence-corrected chi connectivity index (χ3v) is 3.59. The summed E-state index contributed by atoms with van der Waals surface area (Å²) in [6.45, 7) is 4.58. The fourth-order valence-electron chi connectivity index (χ4n) is 2.43. The summed E-state index contributed by atoms with van der Waals surface area (Å²) in [4.78, 5) is 38.0. The van der Waals surface area contributed by atoms with Gasteiger partial charge in [-0.05, 0) is 13.8 Å². The van der Waals surface area contributed by atoms with Crippen LogP contribution in [0.5, 0.6) is 0 Å². The first-order valence-corrected chi connectivity index (χ1v) is 6.48. The quantitative estimate of drug-likeness (QED) is 0.650. The van der Waals surface area contributed by atoms with Crippen LogP contribution in [-0.4, -0.2) is 77.2 Å². The molecule has 1 unspecified atom stereocenters. The Morgan fingerprint density at radius 3 is 2.75 bits per heavy atom. The summed E-state index contributed by atoms with van der Waals surface area (Å²) in [6, 6.07) is -1.46. The monoisotopic (exact) mass is 285 g/mol. The minimum atomic E-state index is -1.12. The van der Waals surface area contributed by atoms with Gasteiger partial charge in [-0.1, -0.05) is 0 Å². The van der Waals surface area contributed by atoms with Gasteiger partial charge in [0.25, 0.3) is 0 Å². The molecule has 8 nitrogen and oxygen atoms in total. The van der Waals surface area contributed by atoms with Crippen LogP contribution in [0.1, 0.15) is 13.8 Å². The molecular weight excluding hydrogens is 266 g/mol. The number of ether oxygens (including phenoxy) is 1. The number of carboxylic acids is 1. The van der Waals surface area contributed by atoms with Crippen molar-refractivity contribution in [1.29, 1.82) is 0 Å². The molecule has 2 fully saturated rings. The molecule has 2 aliphatic heterocycles. The highest BCUT2D eigenvalue weighted by Crippen LogP contribution is 2.22. The highest BCUT2D eigenvalue weighted by molar-refractivity contribution is 5.90. The second-order valence-corrected chi connectivity index (χ2v) is 5.59. The molecule has 0 aliphatic carbocycles. The lowest BCUT2D eigenvalue weighted by atomic mass is 10.0. The van der Waals surface area contributed by atoms with Gasteiger partial charge in [0.1, 0.15) is 12.6 Å².